The summed E-state index contributed by atoms with van der Waals surface area (Å²) in [5.41, 5.74) is 5.13. The fraction of sp³-hybridized carbons (Fsp3) is 0.385. The molecule has 98 valence electrons. The second-order valence-corrected chi connectivity index (χ2v) is 4.88. The molecule has 5 heteroatoms. The van der Waals surface area contributed by atoms with Gasteiger partial charge in [-0.25, -0.2) is 4.39 Å². The summed E-state index contributed by atoms with van der Waals surface area (Å²) in [5.74, 6) is -1.04. The smallest absolute Gasteiger partial charge is 0.224 e. The highest BCUT2D eigenvalue weighted by atomic mass is 19.1. The largest absolute Gasteiger partial charge is 0.370 e. The van der Waals surface area contributed by atoms with E-state index in [9.17, 15) is 14.0 Å². The molecule has 0 saturated carbocycles. The molecule has 2 amide bonds. The number of amides is 2. The van der Waals surface area contributed by atoms with Crippen molar-refractivity contribution in [1.29, 1.82) is 0 Å². The first kappa shape index (κ1) is 14.2. The van der Waals surface area contributed by atoms with Gasteiger partial charge in [-0.1, -0.05) is 12.1 Å². The van der Waals surface area contributed by atoms with Crippen LogP contribution in [0.15, 0.2) is 24.3 Å². The maximum atomic E-state index is 12.7. The number of hydrogen-bond acceptors (Lipinski definition) is 2. The molecule has 0 unspecified atom stereocenters. The Balaban J connectivity index is 2.56. The molecule has 0 bridgehead atoms. The summed E-state index contributed by atoms with van der Waals surface area (Å²) in [7, 11) is 0. The summed E-state index contributed by atoms with van der Waals surface area (Å²) in [5, 5.41) is 2.72. The predicted octanol–water partition coefficient (Wildman–Crippen LogP) is 1.14. The molecular weight excluding hydrogens is 235 g/mol. The van der Waals surface area contributed by atoms with Gasteiger partial charge >= 0.3 is 0 Å². The zero-order valence-corrected chi connectivity index (χ0v) is 10.5. The Morgan fingerprint density at radius 3 is 2.33 bits per heavy atom. The molecule has 0 saturated heterocycles. The Morgan fingerprint density at radius 2 is 1.83 bits per heavy atom. The van der Waals surface area contributed by atoms with E-state index in [1.807, 2.05) is 0 Å². The molecule has 18 heavy (non-hydrogen) atoms. The van der Waals surface area contributed by atoms with Crippen molar-refractivity contribution in [3.8, 4) is 0 Å². The van der Waals surface area contributed by atoms with Crippen molar-refractivity contribution < 1.29 is 14.0 Å². The third kappa shape index (κ3) is 4.95. The molecule has 1 aromatic carbocycles. The molecule has 0 radical (unpaired) electrons. The van der Waals surface area contributed by atoms with Crippen LogP contribution >= 0.6 is 0 Å². The summed E-state index contributed by atoms with van der Waals surface area (Å²) in [6, 6.07) is 5.71. The van der Waals surface area contributed by atoms with Crippen molar-refractivity contribution in [2.75, 3.05) is 0 Å². The topological polar surface area (TPSA) is 72.2 Å². The molecule has 0 aliphatic heterocycles. The number of hydrogen-bond donors (Lipinski definition) is 2. The molecule has 0 atom stereocenters. The highest BCUT2D eigenvalue weighted by Gasteiger charge is 2.22. The summed E-state index contributed by atoms with van der Waals surface area (Å²) in [4.78, 5) is 22.6. The maximum Gasteiger partial charge on any atom is 0.224 e. The molecule has 1 rings (SSSR count). The summed E-state index contributed by atoms with van der Waals surface area (Å²) in [6.07, 6.45) is 0.213. The fourth-order valence-corrected chi connectivity index (χ4v) is 1.69. The summed E-state index contributed by atoms with van der Waals surface area (Å²) < 4.78 is 12.7. The van der Waals surface area contributed by atoms with Crippen LogP contribution < -0.4 is 11.1 Å². The summed E-state index contributed by atoms with van der Waals surface area (Å²) in [6.45, 7) is 3.45. The number of rotatable bonds is 5. The first-order valence-corrected chi connectivity index (χ1v) is 5.62. The average molecular weight is 252 g/mol. The van der Waals surface area contributed by atoms with Gasteiger partial charge < -0.3 is 11.1 Å². The Kier molecular flexibility index (Phi) is 4.42. The lowest BCUT2D eigenvalue weighted by Crippen LogP contribution is -2.46. The van der Waals surface area contributed by atoms with E-state index in [4.69, 9.17) is 5.73 Å². The van der Waals surface area contributed by atoms with E-state index in [2.05, 4.69) is 5.32 Å². The molecule has 0 aliphatic carbocycles. The molecule has 1 aromatic rings. The van der Waals surface area contributed by atoms with Crippen LogP contribution in [0.25, 0.3) is 0 Å². The van der Waals surface area contributed by atoms with Crippen LogP contribution in [0.3, 0.4) is 0 Å². The fourth-order valence-electron chi connectivity index (χ4n) is 1.69. The van der Waals surface area contributed by atoms with E-state index in [1.165, 1.54) is 12.1 Å². The van der Waals surface area contributed by atoms with E-state index in [0.717, 1.165) is 0 Å². The van der Waals surface area contributed by atoms with Gasteiger partial charge in [-0.3, -0.25) is 9.59 Å². The molecule has 0 fully saturated rings. The maximum absolute atomic E-state index is 12.7. The molecular formula is C13H17FN2O2. The zero-order valence-electron chi connectivity index (χ0n) is 10.5. The van der Waals surface area contributed by atoms with E-state index < -0.39 is 11.4 Å². The van der Waals surface area contributed by atoms with E-state index in [0.29, 0.717) is 5.56 Å². The van der Waals surface area contributed by atoms with Gasteiger partial charge in [0.2, 0.25) is 11.8 Å². The van der Waals surface area contributed by atoms with E-state index in [-0.39, 0.29) is 24.6 Å². The van der Waals surface area contributed by atoms with Crippen molar-refractivity contribution in [3.05, 3.63) is 35.6 Å². The number of halogens is 1. The molecule has 0 aliphatic rings. The lowest BCUT2D eigenvalue weighted by atomic mass is 9.99. The Labute approximate surface area is 105 Å². The van der Waals surface area contributed by atoms with Crippen LogP contribution in [-0.4, -0.2) is 17.4 Å². The van der Waals surface area contributed by atoms with E-state index >= 15 is 0 Å². The zero-order chi connectivity index (χ0) is 13.8. The van der Waals surface area contributed by atoms with Crippen LogP contribution in [0.2, 0.25) is 0 Å². The molecule has 0 aromatic heterocycles. The second kappa shape index (κ2) is 5.62. The van der Waals surface area contributed by atoms with Crippen molar-refractivity contribution in [1.82, 2.24) is 5.32 Å². The van der Waals surface area contributed by atoms with E-state index in [1.54, 1.807) is 26.0 Å². The Hall–Kier alpha value is -1.91. The van der Waals surface area contributed by atoms with Crippen molar-refractivity contribution in [2.45, 2.75) is 32.2 Å². The highest BCUT2D eigenvalue weighted by molar-refractivity contribution is 5.81. The number of benzene rings is 1. The molecule has 3 N–H and O–H groups in total. The predicted molar refractivity (Wildman–Crippen MR) is 66.1 cm³/mol. The average Bonchev–Trinajstić information content (AvgIpc) is 2.18. The van der Waals surface area contributed by atoms with Gasteiger partial charge in [0.05, 0.1) is 6.42 Å². The van der Waals surface area contributed by atoms with Crippen LogP contribution in [0.1, 0.15) is 25.8 Å². The van der Waals surface area contributed by atoms with Gasteiger partial charge in [0.15, 0.2) is 0 Å². The minimum Gasteiger partial charge on any atom is -0.370 e. The van der Waals surface area contributed by atoms with Gasteiger partial charge in [0.25, 0.3) is 0 Å². The quantitative estimate of drug-likeness (QED) is 0.824. The second-order valence-electron chi connectivity index (χ2n) is 4.88. The Morgan fingerprint density at radius 1 is 1.28 bits per heavy atom. The molecule has 4 nitrogen and oxygen atoms in total. The number of nitrogens with two attached hydrogens (primary N) is 1. The van der Waals surface area contributed by atoms with Gasteiger partial charge in [-0.2, -0.15) is 0 Å². The first-order chi connectivity index (χ1) is 8.28. The Bertz CT molecular complexity index is 441. The van der Waals surface area contributed by atoms with Gasteiger partial charge in [0.1, 0.15) is 5.82 Å². The van der Waals surface area contributed by atoms with Gasteiger partial charge in [0, 0.05) is 12.0 Å². The third-order valence-corrected chi connectivity index (χ3v) is 2.37. The van der Waals surface area contributed by atoms with Crippen LogP contribution in [0, 0.1) is 5.82 Å². The third-order valence-electron chi connectivity index (χ3n) is 2.37. The minimum atomic E-state index is -0.678. The van der Waals surface area contributed by atoms with Gasteiger partial charge in [-0.15, -0.1) is 0 Å². The standard InChI is InChI=1S/C13H17FN2O2/c1-13(2,8-11(15)17)16-12(18)7-9-3-5-10(14)6-4-9/h3-6H,7-8H2,1-2H3,(H2,15,17)(H,16,18). The van der Waals surface area contributed by atoms with Crippen LogP contribution in [-0.2, 0) is 16.0 Å². The van der Waals surface area contributed by atoms with Crippen molar-refractivity contribution >= 4 is 11.8 Å². The normalized spacial score (nSPS) is 11.1. The summed E-state index contributed by atoms with van der Waals surface area (Å²) >= 11 is 0. The number of nitrogens with one attached hydrogen (secondary N) is 1. The van der Waals surface area contributed by atoms with Crippen LogP contribution in [0.4, 0.5) is 4.39 Å². The lowest BCUT2D eigenvalue weighted by molar-refractivity contribution is -0.123. The van der Waals surface area contributed by atoms with Crippen molar-refractivity contribution in [2.24, 2.45) is 5.73 Å². The SMILES string of the molecule is CC(C)(CC(N)=O)NC(=O)Cc1ccc(F)cc1. The first-order valence-electron chi connectivity index (χ1n) is 5.62. The monoisotopic (exact) mass is 252 g/mol. The number of primary amides is 1. The molecule has 0 heterocycles. The highest BCUT2D eigenvalue weighted by Crippen LogP contribution is 2.09. The molecule has 0 spiro atoms. The minimum absolute atomic E-state index is 0.0716. The van der Waals surface area contributed by atoms with Gasteiger partial charge in [-0.05, 0) is 31.5 Å². The lowest BCUT2D eigenvalue weighted by Gasteiger charge is -2.24. The van der Waals surface area contributed by atoms with Crippen LogP contribution in [0.5, 0.6) is 0 Å². The number of carbonyl (C=O) groups excluding carboxylic acids is 2. The van der Waals surface area contributed by atoms with Crippen molar-refractivity contribution in [3.63, 3.8) is 0 Å². The number of carbonyl (C=O) groups is 2.